The van der Waals surface area contributed by atoms with Crippen molar-refractivity contribution in [2.24, 2.45) is 13.0 Å². The highest BCUT2D eigenvalue weighted by molar-refractivity contribution is 7.83. The molecule has 3 heterocycles. The lowest BCUT2D eigenvalue weighted by molar-refractivity contribution is 0.101. The quantitative estimate of drug-likeness (QED) is 0.709. The lowest BCUT2D eigenvalue weighted by atomic mass is 9.91. The van der Waals surface area contributed by atoms with Crippen molar-refractivity contribution >= 4 is 22.6 Å². The van der Waals surface area contributed by atoms with Crippen molar-refractivity contribution < 1.29 is 18.1 Å². The van der Waals surface area contributed by atoms with E-state index in [1.807, 2.05) is 6.92 Å². The number of aryl methyl sites for hydroxylation is 2. The van der Waals surface area contributed by atoms with Gasteiger partial charge in [-0.15, -0.1) is 0 Å². The first-order valence-electron chi connectivity index (χ1n) is 9.08. The van der Waals surface area contributed by atoms with Gasteiger partial charge in [0.05, 0.1) is 6.61 Å². The van der Waals surface area contributed by atoms with Crippen LogP contribution < -0.4 is 20.1 Å². The third-order valence-electron chi connectivity index (χ3n) is 5.47. The third kappa shape index (κ3) is 3.23. The molecule has 0 bridgehead atoms. The van der Waals surface area contributed by atoms with E-state index in [2.05, 4.69) is 15.4 Å². The predicted octanol–water partition coefficient (Wildman–Crippen LogP) is 1.71. The van der Waals surface area contributed by atoms with Crippen molar-refractivity contribution in [1.82, 2.24) is 14.6 Å². The molecule has 2 aliphatic rings. The van der Waals surface area contributed by atoms with Crippen LogP contribution >= 0.6 is 0 Å². The molecule has 0 aliphatic carbocycles. The number of ether oxygens (including phenoxy) is 1. The average molecular weight is 406 g/mol. The second-order valence-corrected chi connectivity index (χ2v) is 8.81. The Kier molecular flexibility index (Phi) is 4.76. The number of benzene rings is 1. The number of carbonyl (C=O) groups excluding carboxylic acids is 1. The lowest BCUT2D eigenvalue weighted by Crippen LogP contribution is -2.52. The van der Waals surface area contributed by atoms with Crippen molar-refractivity contribution in [3.05, 3.63) is 41.5 Å². The molecule has 0 spiro atoms. The van der Waals surface area contributed by atoms with E-state index in [1.165, 1.54) is 12.1 Å². The zero-order chi connectivity index (χ0) is 20.1. The molecule has 1 aromatic heterocycles. The molecule has 3 unspecified atom stereocenters. The van der Waals surface area contributed by atoms with Gasteiger partial charge in [0, 0.05) is 43.5 Å². The van der Waals surface area contributed by atoms with E-state index in [1.54, 1.807) is 30.8 Å². The summed E-state index contributed by atoms with van der Waals surface area (Å²) in [5.74, 6) is -0.293. The van der Waals surface area contributed by atoms with Gasteiger partial charge in [0.15, 0.2) is 11.4 Å². The summed E-state index contributed by atoms with van der Waals surface area (Å²) in [5, 5.41) is 6.07. The van der Waals surface area contributed by atoms with Crippen LogP contribution in [0.5, 0.6) is 5.75 Å². The van der Waals surface area contributed by atoms with Crippen LogP contribution in [0.2, 0.25) is 0 Å². The van der Waals surface area contributed by atoms with Crippen LogP contribution in [0, 0.1) is 18.7 Å². The Balaban J connectivity index is 1.66. The van der Waals surface area contributed by atoms with E-state index in [9.17, 15) is 13.4 Å². The summed E-state index contributed by atoms with van der Waals surface area (Å²) >= 11 is 0. The van der Waals surface area contributed by atoms with Crippen LogP contribution in [0.3, 0.4) is 0 Å². The molecule has 0 saturated carbocycles. The van der Waals surface area contributed by atoms with Gasteiger partial charge in [-0.05, 0) is 37.6 Å². The van der Waals surface area contributed by atoms with Crippen molar-refractivity contribution in [1.29, 1.82) is 0 Å². The van der Waals surface area contributed by atoms with Crippen LogP contribution in [0.4, 0.5) is 10.1 Å². The van der Waals surface area contributed by atoms with Crippen LogP contribution in [0.25, 0.3) is 0 Å². The Labute approximate surface area is 165 Å². The number of amides is 1. The number of hydrogen-bond acceptors (Lipinski definition) is 4. The van der Waals surface area contributed by atoms with Gasteiger partial charge in [-0.1, -0.05) is 0 Å². The molecule has 1 saturated heterocycles. The normalized spacial score (nSPS) is 26.6. The molecule has 3 N–H and O–H groups in total. The summed E-state index contributed by atoms with van der Waals surface area (Å²) in [6.45, 7) is 5.51. The average Bonchev–Trinajstić information content (AvgIpc) is 3.14. The summed E-state index contributed by atoms with van der Waals surface area (Å²) in [4.78, 5) is 13.4. The Hall–Kier alpha value is -2.23. The van der Waals surface area contributed by atoms with Crippen LogP contribution in [0.15, 0.2) is 29.3 Å². The first kappa shape index (κ1) is 19.1. The molecule has 0 radical (unpaired) electrons. The summed E-state index contributed by atoms with van der Waals surface area (Å²) < 4.78 is 37.2. The number of rotatable bonds is 2. The summed E-state index contributed by atoms with van der Waals surface area (Å²) in [6, 6.07) is 4.38. The van der Waals surface area contributed by atoms with Crippen LogP contribution in [0.1, 0.15) is 23.0 Å². The molecular weight excluding hydrogens is 383 g/mol. The number of halogens is 1. The van der Waals surface area contributed by atoms with Crippen LogP contribution in [-0.2, 0) is 18.0 Å². The number of anilines is 1. The second-order valence-electron chi connectivity index (χ2n) is 7.63. The molecule has 1 aromatic carbocycles. The zero-order valence-electron chi connectivity index (χ0n) is 16.0. The fourth-order valence-corrected chi connectivity index (χ4v) is 5.06. The molecular formula is C19H23FN4O3S. The molecule has 7 nitrogen and oxygen atoms in total. The minimum Gasteiger partial charge on any atom is -0.489 e. The molecule has 150 valence electrons. The highest BCUT2D eigenvalue weighted by atomic mass is 32.2. The van der Waals surface area contributed by atoms with E-state index in [4.69, 9.17) is 4.74 Å². The number of aromatic nitrogens is 1. The maximum absolute atomic E-state index is 13.5. The Morgan fingerprint density at radius 3 is 3.00 bits per heavy atom. The Bertz CT molecular complexity index is 976. The summed E-state index contributed by atoms with van der Waals surface area (Å²) in [6.07, 6.45) is 1.65. The monoisotopic (exact) mass is 406 g/mol. The van der Waals surface area contributed by atoms with E-state index in [0.717, 1.165) is 6.54 Å². The van der Waals surface area contributed by atoms with Gasteiger partial charge in [0.2, 0.25) is 0 Å². The van der Waals surface area contributed by atoms with Crippen molar-refractivity contribution in [2.45, 2.75) is 24.3 Å². The number of hydrogen-bond donors (Lipinski definition) is 3. The SMILES string of the molecule is Cc1cc(NC(=O)c2c3c(cn2C)S(=O)NC2(C)CNCC2CO3)ccc1F. The number of nitrogens with one attached hydrogen (secondary N) is 3. The number of fused-ring (bicyclic) bond motifs is 2. The maximum Gasteiger partial charge on any atom is 0.276 e. The molecule has 1 fully saturated rings. The summed E-state index contributed by atoms with van der Waals surface area (Å²) in [7, 11) is 0.190. The topological polar surface area (TPSA) is 84.4 Å². The highest BCUT2D eigenvalue weighted by Crippen LogP contribution is 2.35. The minimum absolute atomic E-state index is 0.125. The Morgan fingerprint density at radius 1 is 1.46 bits per heavy atom. The largest absolute Gasteiger partial charge is 0.489 e. The lowest BCUT2D eigenvalue weighted by Gasteiger charge is -2.33. The smallest absolute Gasteiger partial charge is 0.276 e. The first-order chi connectivity index (χ1) is 13.3. The van der Waals surface area contributed by atoms with Gasteiger partial charge in [-0.2, -0.15) is 0 Å². The van der Waals surface area contributed by atoms with Gasteiger partial charge >= 0.3 is 0 Å². The second kappa shape index (κ2) is 6.98. The third-order valence-corrected chi connectivity index (χ3v) is 6.81. The highest BCUT2D eigenvalue weighted by Gasteiger charge is 2.43. The molecule has 28 heavy (non-hydrogen) atoms. The van der Waals surface area contributed by atoms with Crippen molar-refractivity contribution in [2.75, 3.05) is 25.0 Å². The van der Waals surface area contributed by atoms with E-state index in [-0.39, 0.29) is 23.0 Å². The Morgan fingerprint density at radius 2 is 2.25 bits per heavy atom. The zero-order valence-corrected chi connectivity index (χ0v) is 16.8. The first-order valence-corrected chi connectivity index (χ1v) is 10.2. The fourth-order valence-electron chi connectivity index (χ4n) is 3.71. The van der Waals surface area contributed by atoms with Gasteiger partial charge in [-0.3, -0.25) is 4.79 Å². The molecule has 3 atom stereocenters. The standard InChI is InChI=1S/C19H23FN4O3S/c1-11-6-13(4-5-14(11)20)22-18(25)16-17-15(8-24(16)3)28(26)23-19(2)10-21-7-12(19)9-27-17/h4-6,8,12,21,23H,7,9-10H2,1-3H3,(H,22,25). The fraction of sp³-hybridized carbons (Fsp3) is 0.421. The molecule has 4 rings (SSSR count). The van der Waals surface area contributed by atoms with E-state index >= 15 is 0 Å². The molecule has 2 aliphatic heterocycles. The summed E-state index contributed by atoms with van der Waals surface area (Å²) in [5.41, 5.74) is 0.861. The van der Waals surface area contributed by atoms with Gasteiger partial charge in [0.1, 0.15) is 21.7 Å². The van der Waals surface area contributed by atoms with Gasteiger partial charge < -0.3 is 19.9 Å². The minimum atomic E-state index is -1.52. The van der Waals surface area contributed by atoms with Gasteiger partial charge in [0.25, 0.3) is 5.91 Å². The number of nitrogens with zero attached hydrogens (tertiary/aromatic N) is 1. The molecule has 2 aromatic rings. The number of carbonyl (C=O) groups is 1. The van der Waals surface area contributed by atoms with Crippen molar-refractivity contribution in [3.63, 3.8) is 0 Å². The van der Waals surface area contributed by atoms with Crippen LogP contribution in [-0.4, -0.2) is 39.9 Å². The van der Waals surface area contributed by atoms with Gasteiger partial charge in [-0.25, -0.2) is 13.3 Å². The van der Waals surface area contributed by atoms with Crippen molar-refractivity contribution in [3.8, 4) is 5.75 Å². The van der Waals surface area contributed by atoms with E-state index < -0.39 is 16.9 Å². The molecule has 1 amide bonds. The van der Waals surface area contributed by atoms with E-state index in [0.29, 0.717) is 35.0 Å². The predicted molar refractivity (Wildman–Crippen MR) is 104 cm³/mol. The molecule has 9 heteroatoms. The maximum atomic E-state index is 13.5.